The Labute approximate surface area is 886 Å². The van der Waals surface area contributed by atoms with Crippen LogP contribution in [0.4, 0.5) is 0 Å². The maximum atomic E-state index is 10.8. The lowest BCUT2D eigenvalue weighted by Crippen LogP contribution is -2.56. The van der Waals surface area contributed by atoms with E-state index in [1.807, 2.05) is 34.6 Å². The first-order valence-corrected chi connectivity index (χ1v) is 61.6. The van der Waals surface area contributed by atoms with Crippen LogP contribution in [0.5, 0.6) is 0 Å². The first-order valence-electron chi connectivity index (χ1n) is 61.6. The average molecular weight is 2040 g/mol. The van der Waals surface area contributed by atoms with Crippen LogP contribution in [-0.2, 0) is 12.8 Å². The first-order chi connectivity index (χ1) is 70.8. The number of hydrogen-bond donors (Lipinski definition) is 10. The standard InChI is InChI=1S/C28H40N2O2.2C26H41NO3.2C24H37NO3/c1-26(32)12-13-28(14-16-31)19(17-26)6-7-20-21-8-9-23(27(21,2)11-10-22(20)28)24-18-30-15-4-3-5-25(30)29-24;2*1-4-18-15-23(27-30-18)22-8-7-20-19-6-5-17-16-24(2,29)11-12-26(17,13-14-28)21(19)9-10-25(20,22)3;1-22(27)10-11-24(12-13-26)16(15-22)3-4-17-18-5-6-20(21-8-14-28-25-21)23(18,2)9-7-19(17)24;1-22(27)10-11-24(12-14-26)16(15-22)3-4-17-18-5-6-20(21-8-13-25-28-21)23(18,2)9-7-19(17)24/h3-5,15,18-23,31-32H,6-14,16-17H2,1-2H3;2*15,17,19-22,28-29H,4-14,16H2,1-3H3;8,14,16-20,26-27H,3-7,9-13,15H2,1-2H3;8,13,16-20,26-27H,3-7,9-12,14-15H2,1-2H3/t19-,20?,21+,22+,23-,26-,27+,28-;17-,19?,20-,21-,22+,24+,25-,26+;17-,19+,20+,21+,22-,24-,25+,26-;2*16-,17?,18-,19-,20+,22+,23-,24+/m10100/s1. The fraction of sp³-hybridized carbons (Fsp3) is 0.852. The highest BCUT2D eigenvalue weighted by atomic mass is 16.5. The van der Waals surface area contributed by atoms with Gasteiger partial charge in [0.15, 0.2) is 0 Å². The van der Waals surface area contributed by atoms with Crippen LogP contribution in [0, 0.1) is 173 Å². The van der Waals surface area contributed by atoms with E-state index >= 15 is 0 Å². The van der Waals surface area contributed by atoms with Crippen LogP contribution < -0.4 is 0 Å². The Bertz CT molecular complexity index is 5180. The molecule has 0 aromatic carbocycles. The van der Waals surface area contributed by atoms with E-state index in [4.69, 9.17) is 23.1 Å². The molecule has 6 heterocycles. The first kappa shape index (κ1) is 107. The molecule has 6 aromatic heterocycles. The number of fused-ring (bicyclic) bond motifs is 26. The second-order valence-corrected chi connectivity index (χ2v) is 58.3. The van der Waals surface area contributed by atoms with Gasteiger partial charge in [-0.2, -0.15) is 0 Å². The molecule has 20 aliphatic carbocycles. The average Bonchev–Trinajstić information content (AvgIpc) is 1.46. The van der Waals surface area contributed by atoms with Gasteiger partial charge in [0.05, 0.1) is 57.0 Å². The summed E-state index contributed by atoms with van der Waals surface area (Å²) in [6, 6.07) is 14.9. The monoisotopic (exact) mass is 2040 g/mol. The number of aromatic nitrogens is 6. The van der Waals surface area contributed by atoms with E-state index in [9.17, 15) is 51.1 Å². The molecule has 20 fully saturated rings. The maximum Gasteiger partial charge on any atom is 0.140 e. The molecule has 20 heteroatoms. The molecule has 26 rings (SSSR count). The fourth-order valence-electron chi connectivity index (χ4n) is 45.4. The van der Waals surface area contributed by atoms with Gasteiger partial charge < -0.3 is 73.6 Å². The zero-order valence-corrected chi connectivity index (χ0v) is 93.4. The van der Waals surface area contributed by atoms with Gasteiger partial charge in [0.1, 0.15) is 29.2 Å². The Morgan fingerprint density at radius 1 is 0.304 bits per heavy atom. The van der Waals surface area contributed by atoms with E-state index in [1.54, 1.807) is 12.5 Å². The van der Waals surface area contributed by atoms with Crippen LogP contribution in [0.3, 0.4) is 0 Å². The second-order valence-electron chi connectivity index (χ2n) is 58.3. The lowest BCUT2D eigenvalue weighted by atomic mass is 9.42. The fourth-order valence-corrected chi connectivity index (χ4v) is 45.4. The normalized spacial score (nSPS) is 48.6. The number of aryl methyl sites for hydroxylation is 2. The molecule has 0 saturated heterocycles. The quantitative estimate of drug-likeness (QED) is 0.0406. The van der Waals surface area contributed by atoms with E-state index in [0.29, 0.717) is 119 Å². The molecule has 0 bridgehead atoms. The van der Waals surface area contributed by atoms with E-state index in [2.05, 4.69) is 128 Å². The van der Waals surface area contributed by atoms with Crippen LogP contribution in [0.25, 0.3) is 5.65 Å². The van der Waals surface area contributed by atoms with Gasteiger partial charge in [0.25, 0.3) is 0 Å². The summed E-state index contributed by atoms with van der Waals surface area (Å²) in [7, 11) is 0. The third kappa shape index (κ3) is 18.2. The molecular weight excluding hydrogens is 1850 g/mol. The Hall–Kier alpha value is -4.87. The van der Waals surface area contributed by atoms with Gasteiger partial charge >= 0.3 is 0 Å². The Balaban J connectivity index is 0.000000105. The summed E-state index contributed by atoms with van der Waals surface area (Å²) in [6.07, 6.45) is 67.4. The van der Waals surface area contributed by atoms with Gasteiger partial charge in [-0.15, -0.1) is 0 Å². The van der Waals surface area contributed by atoms with Crippen molar-refractivity contribution in [2.24, 2.45) is 173 Å². The molecule has 0 radical (unpaired) electrons. The van der Waals surface area contributed by atoms with Crippen LogP contribution in [-0.4, -0.2) is 142 Å². The van der Waals surface area contributed by atoms with Gasteiger partial charge in [-0.25, -0.2) is 4.98 Å². The molecule has 148 heavy (non-hydrogen) atoms. The molecule has 20 aliphatic rings. The molecule has 4 unspecified atom stereocenters. The lowest BCUT2D eigenvalue weighted by molar-refractivity contribution is -0.158. The molecular formula is C128H196N6O14. The van der Waals surface area contributed by atoms with Crippen molar-refractivity contribution in [1.29, 1.82) is 0 Å². The Morgan fingerprint density at radius 3 is 0.885 bits per heavy atom. The largest absolute Gasteiger partial charge is 0.396 e. The SMILES string of the molecule is CCc1cc([C@H]2CC[C@H]3C4CC[C@H]5C[C@](C)(O)CC[C@]5(CCO)[C@H]4CC[C@]23C)no1.CCc1cc([C@H]2CC[C@H]3[C@@H]4CC[C@@H]5C[C@](C)(O)CC[C@]5(CCO)[C@H]4CC[C@]23C)no1.C[C@@]1(O)CC[C@@]2(CCO)[C@@H](CCC3[C@@H]4CC[C@H](c5ccno5)[C@@]4(C)CC[C@@H]32)C1.C[C@@]1(O)CC[C@@]2(CCO)[C@@H](CCC3[C@@H]4CC[C@H](c5ccon5)[C@@]4(C)CC[C@@H]32)C1.C[C@@]1(O)CC[C@@]2(CCO)[C@H](CCC3[C@@H]4CC[C@H](c5cn6ccccc6n5)[C@@]4(C)CC[C@@H]32)C1. The molecule has 40 atom stereocenters. The summed E-state index contributed by atoms with van der Waals surface area (Å²) in [4.78, 5) is 5.06. The zero-order valence-electron chi connectivity index (χ0n) is 93.4. The number of imidazole rings is 1. The van der Waals surface area contributed by atoms with Crippen molar-refractivity contribution in [3.05, 3.63) is 107 Å². The minimum atomic E-state index is -0.513. The maximum absolute atomic E-state index is 10.8. The highest BCUT2D eigenvalue weighted by molar-refractivity contribution is 5.41. The highest BCUT2D eigenvalue weighted by Gasteiger charge is 2.71. The number of aliphatic hydroxyl groups is 10. The molecule has 20 saturated carbocycles. The molecule has 6 aromatic rings. The van der Waals surface area contributed by atoms with E-state index < -0.39 is 28.0 Å². The minimum Gasteiger partial charge on any atom is -0.396 e. The molecule has 20 nitrogen and oxygen atoms in total. The van der Waals surface area contributed by atoms with Crippen LogP contribution >= 0.6 is 0 Å². The van der Waals surface area contributed by atoms with Gasteiger partial charge in [-0.3, -0.25) is 0 Å². The van der Waals surface area contributed by atoms with Crippen LogP contribution in [0.15, 0.2) is 85.4 Å². The third-order valence-electron chi connectivity index (χ3n) is 52.1. The van der Waals surface area contributed by atoms with E-state index in [-0.39, 0.29) is 27.1 Å². The number of pyridine rings is 1. The lowest BCUT2D eigenvalue weighted by Gasteiger charge is -2.63. The van der Waals surface area contributed by atoms with Crippen LogP contribution in [0.1, 0.15) is 474 Å². The van der Waals surface area contributed by atoms with Crippen molar-refractivity contribution in [3.63, 3.8) is 0 Å². The van der Waals surface area contributed by atoms with Gasteiger partial charge in [-0.1, -0.05) is 75.2 Å². The van der Waals surface area contributed by atoms with Crippen molar-refractivity contribution < 1.29 is 69.2 Å². The summed E-state index contributed by atoms with van der Waals surface area (Å²) in [5.74, 6) is 20.1. The van der Waals surface area contributed by atoms with Crippen molar-refractivity contribution in [2.45, 2.75) is 475 Å². The predicted molar refractivity (Wildman–Crippen MR) is 576 cm³/mol. The molecule has 10 N–H and O–H groups in total. The summed E-state index contributed by atoms with van der Waals surface area (Å²) in [6.45, 7) is 28.6. The molecule has 0 amide bonds. The highest BCUT2D eigenvalue weighted by Crippen LogP contribution is 2.78. The van der Waals surface area contributed by atoms with Crippen molar-refractivity contribution in [2.75, 3.05) is 33.0 Å². The van der Waals surface area contributed by atoms with E-state index in [0.717, 1.165) is 259 Å². The van der Waals surface area contributed by atoms with Gasteiger partial charge in [0.2, 0.25) is 0 Å². The summed E-state index contributed by atoms with van der Waals surface area (Å²) in [5, 5.41) is 121. The van der Waals surface area contributed by atoms with Crippen molar-refractivity contribution in [3.8, 4) is 0 Å². The number of nitrogens with zero attached hydrogens (tertiary/aromatic N) is 6. The Morgan fingerprint density at radius 2 is 0.608 bits per heavy atom. The summed E-state index contributed by atoms with van der Waals surface area (Å²) < 4.78 is 24.2. The van der Waals surface area contributed by atoms with E-state index in [1.165, 1.54) is 210 Å². The topological polar surface area (TPSA) is 324 Å². The molecule has 0 spiro atoms. The predicted octanol–water partition coefficient (Wildman–Crippen LogP) is 26.4. The molecule has 822 valence electrons. The second kappa shape index (κ2) is 40.6. The molecule has 0 aliphatic heterocycles. The summed E-state index contributed by atoms with van der Waals surface area (Å²) >= 11 is 0. The van der Waals surface area contributed by atoms with Gasteiger partial charge in [-0.05, 0) is 540 Å². The van der Waals surface area contributed by atoms with Gasteiger partial charge in [0, 0.05) is 112 Å². The van der Waals surface area contributed by atoms with Crippen molar-refractivity contribution in [1.82, 2.24) is 30.0 Å². The van der Waals surface area contributed by atoms with Crippen LogP contribution in [0.2, 0.25) is 0 Å². The number of aliphatic hydroxyl groups excluding tert-OH is 5. The number of hydrogen-bond acceptors (Lipinski definition) is 19. The van der Waals surface area contributed by atoms with Crippen molar-refractivity contribution >= 4 is 5.65 Å². The summed E-state index contributed by atoms with van der Waals surface area (Å²) in [5.41, 5.74) is 6.31. The minimum absolute atomic E-state index is 0.252. The Kier molecular flexibility index (Phi) is 29.4. The number of rotatable bonds is 17. The zero-order chi connectivity index (χ0) is 104. The third-order valence-corrected chi connectivity index (χ3v) is 52.1. The smallest absolute Gasteiger partial charge is 0.140 e.